The largest absolute Gasteiger partial charge is 0.496 e. The minimum Gasteiger partial charge on any atom is -0.496 e. The summed E-state index contributed by atoms with van der Waals surface area (Å²) in [6, 6.07) is 3.83. The van der Waals surface area contributed by atoms with Crippen molar-refractivity contribution in [3.8, 4) is 5.75 Å². The second-order valence-corrected chi connectivity index (χ2v) is 5.48. The lowest BCUT2D eigenvalue weighted by atomic mass is 9.75. The molecule has 1 aromatic carbocycles. The number of hydrogen-bond donors (Lipinski definition) is 0. The molecule has 0 spiro atoms. The van der Waals surface area contributed by atoms with Crippen molar-refractivity contribution in [3.63, 3.8) is 0 Å². The Morgan fingerprint density at radius 3 is 2.16 bits per heavy atom. The summed E-state index contributed by atoms with van der Waals surface area (Å²) >= 11 is 0. The standard InChI is InChI=1S/C16H22O3/c1-11-8-13(9-12(2)15(11)18-3)14(17)10-16(19-4)6-5-7-16/h8-9H,5-7,10H2,1-4H3. The Labute approximate surface area is 114 Å². The van der Waals surface area contributed by atoms with Gasteiger partial charge in [-0.25, -0.2) is 0 Å². The van der Waals surface area contributed by atoms with E-state index in [1.807, 2.05) is 26.0 Å². The number of rotatable bonds is 5. The summed E-state index contributed by atoms with van der Waals surface area (Å²) in [6.45, 7) is 3.94. The van der Waals surface area contributed by atoms with Crippen molar-refractivity contribution in [2.75, 3.05) is 14.2 Å². The van der Waals surface area contributed by atoms with Crippen molar-refractivity contribution in [3.05, 3.63) is 28.8 Å². The van der Waals surface area contributed by atoms with Crippen LogP contribution < -0.4 is 4.74 Å². The minimum absolute atomic E-state index is 0.162. The van der Waals surface area contributed by atoms with Crippen molar-refractivity contribution in [2.45, 2.75) is 45.1 Å². The third-order valence-corrected chi connectivity index (χ3v) is 4.17. The van der Waals surface area contributed by atoms with Crippen molar-refractivity contribution in [1.82, 2.24) is 0 Å². The normalized spacial score (nSPS) is 16.8. The molecule has 0 atom stereocenters. The Kier molecular flexibility index (Phi) is 3.95. The molecule has 1 aliphatic rings. The zero-order chi connectivity index (χ0) is 14.0. The number of aryl methyl sites for hydroxylation is 2. The van der Waals surface area contributed by atoms with Gasteiger partial charge in [0.1, 0.15) is 5.75 Å². The van der Waals surface area contributed by atoms with Gasteiger partial charge in [0.25, 0.3) is 0 Å². The molecule has 104 valence electrons. The Morgan fingerprint density at radius 2 is 1.79 bits per heavy atom. The Morgan fingerprint density at radius 1 is 1.21 bits per heavy atom. The van der Waals surface area contributed by atoms with Gasteiger partial charge in [0, 0.05) is 19.1 Å². The molecule has 0 radical (unpaired) electrons. The number of benzene rings is 1. The Balaban J connectivity index is 2.20. The summed E-state index contributed by atoms with van der Waals surface area (Å²) in [7, 11) is 3.36. The van der Waals surface area contributed by atoms with Gasteiger partial charge in [-0.2, -0.15) is 0 Å². The SMILES string of the molecule is COc1c(C)cc(C(=O)CC2(OC)CCC2)cc1C. The highest BCUT2D eigenvalue weighted by Crippen LogP contribution is 2.39. The summed E-state index contributed by atoms with van der Waals surface area (Å²) in [5, 5.41) is 0. The van der Waals surface area contributed by atoms with Crippen LogP contribution in [0.4, 0.5) is 0 Å². The molecule has 0 aromatic heterocycles. The molecule has 0 saturated heterocycles. The summed E-state index contributed by atoms with van der Waals surface area (Å²) < 4.78 is 10.9. The van der Waals surface area contributed by atoms with Crippen LogP contribution in [0.15, 0.2) is 12.1 Å². The first-order valence-electron chi connectivity index (χ1n) is 6.75. The van der Waals surface area contributed by atoms with Crippen LogP contribution in [0.5, 0.6) is 5.75 Å². The molecule has 3 nitrogen and oxygen atoms in total. The molecule has 0 N–H and O–H groups in total. The average Bonchev–Trinajstić information content (AvgIpc) is 2.33. The molecule has 0 amide bonds. The molecule has 2 rings (SSSR count). The van der Waals surface area contributed by atoms with Gasteiger partial charge in [-0.15, -0.1) is 0 Å². The quantitative estimate of drug-likeness (QED) is 0.762. The van der Waals surface area contributed by atoms with Crippen LogP contribution in [-0.4, -0.2) is 25.6 Å². The fraction of sp³-hybridized carbons (Fsp3) is 0.562. The van der Waals surface area contributed by atoms with Crippen molar-refractivity contribution >= 4 is 5.78 Å². The number of ketones is 1. The number of ether oxygens (including phenoxy) is 2. The van der Waals surface area contributed by atoms with E-state index >= 15 is 0 Å². The topological polar surface area (TPSA) is 35.5 Å². The maximum Gasteiger partial charge on any atom is 0.165 e. The van der Waals surface area contributed by atoms with Crippen LogP contribution in [0.1, 0.15) is 47.2 Å². The van der Waals surface area contributed by atoms with Gasteiger partial charge >= 0.3 is 0 Å². The van der Waals surface area contributed by atoms with Crippen LogP contribution in [0.3, 0.4) is 0 Å². The lowest BCUT2D eigenvalue weighted by molar-refractivity contribution is -0.0704. The first-order valence-corrected chi connectivity index (χ1v) is 6.75. The molecule has 0 unspecified atom stereocenters. The third kappa shape index (κ3) is 2.66. The van der Waals surface area contributed by atoms with Crippen LogP contribution >= 0.6 is 0 Å². The van der Waals surface area contributed by atoms with E-state index in [9.17, 15) is 4.79 Å². The minimum atomic E-state index is -0.210. The zero-order valence-electron chi connectivity index (χ0n) is 12.2. The number of hydrogen-bond acceptors (Lipinski definition) is 3. The number of carbonyl (C=O) groups excluding carboxylic acids is 1. The maximum absolute atomic E-state index is 12.4. The van der Waals surface area contributed by atoms with E-state index in [4.69, 9.17) is 9.47 Å². The summed E-state index contributed by atoms with van der Waals surface area (Å²) in [5.41, 5.74) is 2.56. The fourth-order valence-electron chi connectivity index (χ4n) is 2.85. The predicted molar refractivity (Wildman–Crippen MR) is 75.0 cm³/mol. The average molecular weight is 262 g/mol. The number of Topliss-reactive ketones (excluding diaryl/α,β-unsaturated/α-hetero) is 1. The monoisotopic (exact) mass is 262 g/mol. The molecule has 0 aliphatic heterocycles. The van der Waals surface area contributed by atoms with E-state index in [0.717, 1.165) is 41.7 Å². The van der Waals surface area contributed by atoms with Gasteiger partial charge in [-0.1, -0.05) is 0 Å². The molecule has 1 aliphatic carbocycles. The molecular weight excluding hydrogens is 240 g/mol. The highest BCUT2D eigenvalue weighted by atomic mass is 16.5. The molecule has 1 saturated carbocycles. The first kappa shape index (κ1) is 14.1. The van der Waals surface area contributed by atoms with Gasteiger partial charge in [-0.3, -0.25) is 4.79 Å². The highest BCUT2D eigenvalue weighted by Gasteiger charge is 2.39. The summed E-state index contributed by atoms with van der Waals surface area (Å²) in [4.78, 5) is 12.4. The van der Waals surface area contributed by atoms with Crippen LogP contribution in [0.25, 0.3) is 0 Å². The van der Waals surface area contributed by atoms with Crippen molar-refractivity contribution < 1.29 is 14.3 Å². The first-order chi connectivity index (χ1) is 9.01. The lowest BCUT2D eigenvalue weighted by Crippen LogP contribution is -2.41. The smallest absolute Gasteiger partial charge is 0.165 e. The summed E-state index contributed by atoms with van der Waals surface area (Å²) in [5.74, 6) is 1.03. The fourth-order valence-corrected chi connectivity index (χ4v) is 2.85. The van der Waals surface area contributed by atoms with E-state index in [1.165, 1.54) is 0 Å². The van der Waals surface area contributed by atoms with E-state index in [1.54, 1.807) is 14.2 Å². The highest BCUT2D eigenvalue weighted by molar-refractivity contribution is 5.97. The lowest BCUT2D eigenvalue weighted by Gasteiger charge is -2.40. The maximum atomic E-state index is 12.4. The van der Waals surface area contributed by atoms with Crippen molar-refractivity contribution in [2.24, 2.45) is 0 Å². The molecule has 3 heteroatoms. The van der Waals surface area contributed by atoms with Gasteiger partial charge in [0.2, 0.25) is 0 Å². The van der Waals surface area contributed by atoms with E-state index in [0.29, 0.717) is 6.42 Å². The molecule has 1 aromatic rings. The third-order valence-electron chi connectivity index (χ3n) is 4.17. The summed E-state index contributed by atoms with van der Waals surface area (Å²) in [6.07, 6.45) is 3.61. The number of methoxy groups -OCH3 is 2. The molecular formula is C16H22O3. The zero-order valence-corrected chi connectivity index (χ0v) is 12.2. The predicted octanol–water partition coefficient (Wildman–Crippen LogP) is 3.45. The van der Waals surface area contributed by atoms with Crippen LogP contribution in [-0.2, 0) is 4.74 Å². The second kappa shape index (κ2) is 5.33. The second-order valence-electron chi connectivity index (χ2n) is 5.48. The van der Waals surface area contributed by atoms with Crippen LogP contribution in [0, 0.1) is 13.8 Å². The van der Waals surface area contributed by atoms with E-state index in [2.05, 4.69) is 0 Å². The number of carbonyl (C=O) groups is 1. The van der Waals surface area contributed by atoms with Crippen LogP contribution in [0.2, 0.25) is 0 Å². The molecule has 0 heterocycles. The van der Waals surface area contributed by atoms with E-state index in [-0.39, 0.29) is 11.4 Å². The molecule has 0 bridgehead atoms. The molecule has 19 heavy (non-hydrogen) atoms. The molecule has 1 fully saturated rings. The van der Waals surface area contributed by atoms with Crippen molar-refractivity contribution in [1.29, 1.82) is 0 Å². The van der Waals surface area contributed by atoms with Gasteiger partial charge in [0.15, 0.2) is 5.78 Å². The Bertz CT molecular complexity index is 458. The van der Waals surface area contributed by atoms with E-state index < -0.39 is 0 Å². The van der Waals surface area contributed by atoms with Gasteiger partial charge in [-0.05, 0) is 56.4 Å². The Hall–Kier alpha value is -1.35. The van der Waals surface area contributed by atoms with Gasteiger partial charge in [0.05, 0.1) is 12.7 Å². The van der Waals surface area contributed by atoms with Gasteiger partial charge < -0.3 is 9.47 Å².